The molecule has 2 aromatic heterocycles. The Morgan fingerprint density at radius 1 is 1.00 bits per heavy atom. The number of hydrogen-bond donors (Lipinski definition) is 2. The van der Waals surface area contributed by atoms with E-state index < -0.39 is 0 Å². The first kappa shape index (κ1) is 16.4. The molecule has 130 valence electrons. The standard InChI is InChI=1S/C22H20N2O2/c1-15(20-12-7-13-26-20)24-21(16-8-3-2-4-9-16)22(25)18-14-23-19-11-6-5-10-17(18)19/h2-15,21,23-24H,1H3/p+1/t15-,21+/m1/s1. The monoisotopic (exact) mass is 345 g/mol. The maximum absolute atomic E-state index is 13.4. The minimum Gasteiger partial charge on any atom is -0.463 e. The van der Waals surface area contributed by atoms with Crippen LogP contribution in [0.25, 0.3) is 10.9 Å². The first-order chi connectivity index (χ1) is 12.7. The third-order valence-electron chi connectivity index (χ3n) is 4.77. The van der Waals surface area contributed by atoms with Crippen molar-refractivity contribution in [1.82, 2.24) is 4.98 Å². The highest BCUT2D eigenvalue weighted by atomic mass is 16.3. The van der Waals surface area contributed by atoms with Crippen molar-refractivity contribution in [2.75, 3.05) is 0 Å². The summed E-state index contributed by atoms with van der Waals surface area (Å²) in [7, 11) is 0. The van der Waals surface area contributed by atoms with E-state index in [-0.39, 0.29) is 17.9 Å². The molecule has 0 amide bonds. The number of benzene rings is 2. The molecule has 3 N–H and O–H groups in total. The Morgan fingerprint density at radius 3 is 2.54 bits per heavy atom. The fourth-order valence-electron chi connectivity index (χ4n) is 3.39. The summed E-state index contributed by atoms with van der Waals surface area (Å²) in [4.78, 5) is 16.6. The number of nitrogens with two attached hydrogens (primary N) is 1. The zero-order valence-corrected chi connectivity index (χ0v) is 14.6. The predicted octanol–water partition coefficient (Wildman–Crippen LogP) is 4.01. The van der Waals surface area contributed by atoms with Crippen LogP contribution < -0.4 is 5.32 Å². The lowest BCUT2D eigenvalue weighted by Gasteiger charge is -2.18. The van der Waals surface area contributed by atoms with E-state index in [2.05, 4.69) is 17.2 Å². The lowest BCUT2D eigenvalue weighted by molar-refractivity contribution is -0.719. The van der Waals surface area contributed by atoms with Crippen LogP contribution in [-0.2, 0) is 0 Å². The van der Waals surface area contributed by atoms with Gasteiger partial charge < -0.3 is 14.7 Å². The number of fused-ring (bicyclic) bond motifs is 1. The molecule has 0 aliphatic carbocycles. The third-order valence-corrected chi connectivity index (χ3v) is 4.77. The van der Waals surface area contributed by atoms with E-state index in [9.17, 15) is 4.79 Å². The van der Waals surface area contributed by atoms with Gasteiger partial charge in [-0.15, -0.1) is 0 Å². The number of aromatic nitrogens is 1. The molecule has 2 atom stereocenters. The second-order valence-corrected chi connectivity index (χ2v) is 6.50. The van der Waals surface area contributed by atoms with Gasteiger partial charge in [0.25, 0.3) is 0 Å². The molecule has 26 heavy (non-hydrogen) atoms. The molecule has 2 aromatic carbocycles. The second-order valence-electron chi connectivity index (χ2n) is 6.50. The maximum Gasteiger partial charge on any atom is 0.226 e. The van der Waals surface area contributed by atoms with Crippen LogP contribution in [0.3, 0.4) is 0 Å². The Labute approximate surface area is 151 Å². The molecular formula is C22H21N2O2+. The fraction of sp³-hybridized carbons (Fsp3) is 0.136. The number of rotatable bonds is 6. The van der Waals surface area contributed by atoms with Crippen LogP contribution in [0.15, 0.2) is 83.6 Å². The summed E-state index contributed by atoms with van der Waals surface area (Å²) < 4.78 is 5.52. The Kier molecular flexibility index (Phi) is 4.42. The molecule has 0 aliphatic rings. The normalized spacial score (nSPS) is 13.6. The summed E-state index contributed by atoms with van der Waals surface area (Å²) in [5.41, 5.74) is 2.68. The highest BCUT2D eigenvalue weighted by Crippen LogP contribution is 2.23. The van der Waals surface area contributed by atoms with Crippen molar-refractivity contribution in [3.63, 3.8) is 0 Å². The van der Waals surface area contributed by atoms with E-state index in [0.29, 0.717) is 0 Å². The minimum atomic E-state index is -0.337. The Bertz CT molecular complexity index is 1000. The third kappa shape index (κ3) is 3.07. The van der Waals surface area contributed by atoms with Crippen LogP contribution in [0.1, 0.15) is 40.7 Å². The summed E-state index contributed by atoms with van der Waals surface area (Å²) in [6.45, 7) is 2.05. The van der Waals surface area contributed by atoms with Crippen LogP contribution in [-0.4, -0.2) is 10.8 Å². The van der Waals surface area contributed by atoms with Gasteiger partial charge in [0.2, 0.25) is 5.78 Å². The van der Waals surface area contributed by atoms with Gasteiger partial charge >= 0.3 is 0 Å². The van der Waals surface area contributed by atoms with Gasteiger partial charge in [-0.1, -0.05) is 48.5 Å². The average Bonchev–Trinajstić information content (AvgIpc) is 3.36. The molecule has 4 rings (SSSR count). The van der Waals surface area contributed by atoms with Crippen molar-refractivity contribution in [2.45, 2.75) is 19.0 Å². The number of ketones is 1. The summed E-state index contributed by atoms with van der Waals surface area (Å²) >= 11 is 0. The fourth-order valence-corrected chi connectivity index (χ4v) is 3.39. The summed E-state index contributed by atoms with van der Waals surface area (Å²) in [6, 6.07) is 21.3. The largest absolute Gasteiger partial charge is 0.463 e. The SMILES string of the molecule is C[C@@H]([NH2+][C@H](C(=O)c1c[nH]c2ccccc12)c1ccccc1)c1ccco1. The highest BCUT2D eigenvalue weighted by Gasteiger charge is 2.30. The van der Waals surface area contributed by atoms with Crippen LogP contribution in [0.4, 0.5) is 0 Å². The second kappa shape index (κ2) is 7.02. The predicted molar refractivity (Wildman–Crippen MR) is 101 cm³/mol. The van der Waals surface area contributed by atoms with Crippen molar-refractivity contribution >= 4 is 16.7 Å². The molecule has 4 aromatic rings. The van der Waals surface area contributed by atoms with Crippen LogP contribution in [0, 0.1) is 0 Å². The Morgan fingerprint density at radius 2 is 1.77 bits per heavy atom. The number of Topliss-reactive ketones (excluding diaryl/α,β-unsaturated/α-hetero) is 1. The molecule has 4 nitrogen and oxygen atoms in total. The number of furan rings is 1. The van der Waals surface area contributed by atoms with Gasteiger partial charge in [0.05, 0.1) is 6.26 Å². The molecule has 0 bridgehead atoms. The van der Waals surface area contributed by atoms with Gasteiger partial charge in [0, 0.05) is 28.2 Å². The lowest BCUT2D eigenvalue weighted by Crippen LogP contribution is -2.87. The number of quaternary nitrogens is 1. The number of nitrogens with one attached hydrogen (secondary N) is 1. The Hall–Kier alpha value is -3.11. The van der Waals surface area contributed by atoms with Gasteiger partial charge in [-0.05, 0) is 25.1 Å². The average molecular weight is 345 g/mol. The van der Waals surface area contributed by atoms with Crippen molar-refractivity contribution in [3.8, 4) is 0 Å². The van der Waals surface area contributed by atoms with Gasteiger partial charge in [0.15, 0.2) is 11.8 Å². The van der Waals surface area contributed by atoms with Gasteiger partial charge in [-0.2, -0.15) is 0 Å². The molecule has 0 unspecified atom stereocenters. The molecule has 0 aliphatic heterocycles. The Balaban J connectivity index is 1.71. The molecule has 2 heterocycles. The highest BCUT2D eigenvalue weighted by molar-refractivity contribution is 6.09. The molecule has 0 saturated carbocycles. The first-order valence-corrected chi connectivity index (χ1v) is 8.77. The molecule has 0 radical (unpaired) electrons. The zero-order valence-electron chi connectivity index (χ0n) is 14.6. The van der Waals surface area contributed by atoms with E-state index in [0.717, 1.165) is 27.8 Å². The quantitative estimate of drug-likeness (QED) is 0.519. The van der Waals surface area contributed by atoms with E-state index >= 15 is 0 Å². The molecule has 0 saturated heterocycles. The van der Waals surface area contributed by atoms with E-state index in [1.54, 1.807) is 6.26 Å². The van der Waals surface area contributed by atoms with Gasteiger partial charge in [0.1, 0.15) is 6.04 Å². The maximum atomic E-state index is 13.4. The first-order valence-electron chi connectivity index (χ1n) is 8.77. The van der Waals surface area contributed by atoms with Gasteiger partial charge in [-0.3, -0.25) is 4.79 Å². The van der Waals surface area contributed by atoms with Gasteiger partial charge in [-0.25, -0.2) is 0 Å². The van der Waals surface area contributed by atoms with Crippen molar-refractivity contribution in [2.24, 2.45) is 0 Å². The van der Waals surface area contributed by atoms with E-state index in [1.165, 1.54) is 0 Å². The topological polar surface area (TPSA) is 62.6 Å². The summed E-state index contributed by atoms with van der Waals surface area (Å²) in [5.74, 6) is 0.949. The number of aromatic amines is 1. The van der Waals surface area contributed by atoms with Crippen LogP contribution in [0.2, 0.25) is 0 Å². The number of H-pyrrole nitrogens is 1. The van der Waals surface area contributed by atoms with E-state index in [4.69, 9.17) is 4.42 Å². The zero-order chi connectivity index (χ0) is 17.9. The molecule has 0 spiro atoms. The van der Waals surface area contributed by atoms with E-state index in [1.807, 2.05) is 72.9 Å². The number of carbonyl (C=O) groups is 1. The summed E-state index contributed by atoms with van der Waals surface area (Å²) in [6.07, 6.45) is 3.48. The minimum absolute atomic E-state index is 0.0318. The van der Waals surface area contributed by atoms with Crippen LogP contribution in [0.5, 0.6) is 0 Å². The number of carbonyl (C=O) groups excluding carboxylic acids is 1. The molecule has 4 heteroatoms. The summed E-state index contributed by atoms with van der Waals surface area (Å²) in [5, 5.41) is 3.02. The smallest absolute Gasteiger partial charge is 0.226 e. The molecular weight excluding hydrogens is 324 g/mol. The van der Waals surface area contributed by atoms with Crippen molar-refractivity contribution in [1.29, 1.82) is 0 Å². The van der Waals surface area contributed by atoms with Crippen molar-refractivity contribution in [3.05, 3.63) is 96.1 Å². The van der Waals surface area contributed by atoms with Crippen LogP contribution >= 0.6 is 0 Å². The molecule has 0 fully saturated rings. The lowest BCUT2D eigenvalue weighted by atomic mass is 9.96. The number of hydrogen-bond acceptors (Lipinski definition) is 2. The number of para-hydroxylation sites is 1. The van der Waals surface area contributed by atoms with Crippen molar-refractivity contribution < 1.29 is 14.5 Å².